The van der Waals surface area contributed by atoms with Crippen molar-refractivity contribution in [3.63, 3.8) is 0 Å². The summed E-state index contributed by atoms with van der Waals surface area (Å²) in [6.07, 6.45) is 15.1. The Labute approximate surface area is 114 Å². The lowest BCUT2D eigenvalue weighted by Gasteiger charge is -2.41. The Morgan fingerprint density at radius 1 is 0.944 bits per heavy atom. The van der Waals surface area contributed by atoms with E-state index in [0.717, 1.165) is 6.54 Å². The Hall–Kier alpha value is -0.0800. The Morgan fingerprint density at radius 3 is 2.11 bits per heavy atom. The van der Waals surface area contributed by atoms with Gasteiger partial charge in [0, 0.05) is 12.1 Å². The van der Waals surface area contributed by atoms with E-state index in [1.807, 2.05) is 0 Å². The van der Waals surface area contributed by atoms with Crippen molar-refractivity contribution in [2.24, 2.45) is 5.73 Å². The second-order valence-corrected chi connectivity index (χ2v) is 6.18. The Bertz CT molecular complexity index is 195. The molecule has 2 nitrogen and oxygen atoms in total. The van der Waals surface area contributed by atoms with Crippen molar-refractivity contribution in [3.05, 3.63) is 0 Å². The lowest BCUT2D eigenvalue weighted by atomic mass is 9.88. The van der Waals surface area contributed by atoms with Gasteiger partial charge in [-0.25, -0.2) is 0 Å². The predicted octanol–water partition coefficient (Wildman–Crippen LogP) is 3.94. The van der Waals surface area contributed by atoms with Crippen LogP contribution in [-0.4, -0.2) is 30.6 Å². The van der Waals surface area contributed by atoms with Gasteiger partial charge >= 0.3 is 0 Å². The number of unbranched alkanes of at least 4 members (excludes halogenated alkanes) is 4. The normalized spacial score (nSPS) is 20.0. The van der Waals surface area contributed by atoms with E-state index in [0.29, 0.717) is 5.54 Å². The molecule has 0 spiro atoms. The minimum atomic E-state index is 0.321. The summed E-state index contributed by atoms with van der Waals surface area (Å²) in [5, 5.41) is 0. The molecule has 108 valence electrons. The first-order chi connectivity index (χ1) is 8.75. The number of nitrogens with zero attached hydrogens (tertiary/aromatic N) is 1. The fourth-order valence-corrected chi connectivity index (χ4v) is 3.32. The molecule has 0 amide bonds. The summed E-state index contributed by atoms with van der Waals surface area (Å²) in [5.74, 6) is 0. The molecule has 0 aromatic heterocycles. The third kappa shape index (κ3) is 4.89. The fraction of sp³-hybridized carbons (Fsp3) is 1.00. The van der Waals surface area contributed by atoms with Crippen molar-refractivity contribution >= 4 is 0 Å². The third-order valence-corrected chi connectivity index (χ3v) is 4.82. The van der Waals surface area contributed by atoms with Gasteiger partial charge in [-0.1, -0.05) is 58.3 Å². The molecule has 0 saturated heterocycles. The molecule has 0 radical (unpaired) electrons. The Balaban J connectivity index is 2.33. The monoisotopic (exact) mass is 254 g/mol. The van der Waals surface area contributed by atoms with Gasteiger partial charge in [0.15, 0.2) is 0 Å². The third-order valence-electron chi connectivity index (χ3n) is 4.82. The van der Waals surface area contributed by atoms with Crippen LogP contribution in [0.5, 0.6) is 0 Å². The number of rotatable bonds is 8. The van der Waals surface area contributed by atoms with Crippen molar-refractivity contribution in [1.82, 2.24) is 4.90 Å². The zero-order chi connectivity index (χ0) is 13.3. The summed E-state index contributed by atoms with van der Waals surface area (Å²) < 4.78 is 0. The van der Waals surface area contributed by atoms with Crippen LogP contribution in [0, 0.1) is 0 Å². The number of nitrogens with two attached hydrogens (primary N) is 1. The van der Waals surface area contributed by atoms with Crippen LogP contribution >= 0.6 is 0 Å². The summed E-state index contributed by atoms with van der Waals surface area (Å²) in [7, 11) is 2.30. The van der Waals surface area contributed by atoms with Gasteiger partial charge in [-0.05, 0) is 32.9 Å². The minimum absolute atomic E-state index is 0.321. The van der Waals surface area contributed by atoms with Crippen LogP contribution in [0.1, 0.15) is 77.6 Å². The maximum absolute atomic E-state index is 6.12. The van der Waals surface area contributed by atoms with E-state index in [4.69, 9.17) is 5.73 Å². The van der Waals surface area contributed by atoms with Crippen molar-refractivity contribution in [2.75, 3.05) is 20.1 Å². The van der Waals surface area contributed by atoms with Crippen LogP contribution < -0.4 is 5.73 Å². The number of likely N-dealkylation sites (N-methyl/N-ethyl adjacent to an activating group) is 1. The first-order valence-corrected chi connectivity index (χ1v) is 8.16. The first-order valence-electron chi connectivity index (χ1n) is 8.16. The molecule has 18 heavy (non-hydrogen) atoms. The van der Waals surface area contributed by atoms with Crippen molar-refractivity contribution in [1.29, 1.82) is 0 Å². The van der Waals surface area contributed by atoms with Crippen molar-refractivity contribution in [3.8, 4) is 0 Å². The molecular formula is C16H34N2. The molecule has 1 aliphatic carbocycles. The highest BCUT2D eigenvalue weighted by Gasteiger charge is 2.32. The lowest BCUT2D eigenvalue weighted by Crippen LogP contribution is -2.52. The zero-order valence-corrected chi connectivity index (χ0v) is 12.7. The topological polar surface area (TPSA) is 29.3 Å². The number of hydrogen-bond acceptors (Lipinski definition) is 2. The molecule has 0 aliphatic heterocycles. The molecule has 0 unspecified atom stereocenters. The first kappa shape index (κ1) is 16.0. The average molecular weight is 254 g/mol. The van der Waals surface area contributed by atoms with E-state index in [9.17, 15) is 0 Å². The van der Waals surface area contributed by atoms with Gasteiger partial charge in [-0.15, -0.1) is 0 Å². The standard InChI is InChI=1S/C16H34N2/c1-3-4-5-8-11-14-18(2)16(15-17)12-9-6-7-10-13-16/h3-15,17H2,1-2H3. The van der Waals surface area contributed by atoms with Crippen LogP contribution in [0.25, 0.3) is 0 Å². The highest BCUT2D eigenvalue weighted by molar-refractivity contribution is 4.91. The SMILES string of the molecule is CCCCCCCN(C)C1(CN)CCCCCC1. The molecule has 0 aromatic rings. The second-order valence-electron chi connectivity index (χ2n) is 6.18. The molecule has 2 N–H and O–H groups in total. The minimum Gasteiger partial charge on any atom is -0.329 e. The van der Waals surface area contributed by atoms with E-state index < -0.39 is 0 Å². The molecule has 0 bridgehead atoms. The summed E-state index contributed by atoms with van der Waals surface area (Å²) in [5.41, 5.74) is 6.44. The quantitative estimate of drug-likeness (QED) is 0.525. The van der Waals surface area contributed by atoms with Gasteiger partial charge in [0.25, 0.3) is 0 Å². The summed E-state index contributed by atoms with van der Waals surface area (Å²) in [4.78, 5) is 2.59. The van der Waals surface area contributed by atoms with Crippen LogP contribution in [-0.2, 0) is 0 Å². The molecule has 2 heteroatoms. The average Bonchev–Trinajstić information content (AvgIpc) is 2.64. The largest absolute Gasteiger partial charge is 0.329 e. The van der Waals surface area contributed by atoms with Gasteiger partial charge in [-0.2, -0.15) is 0 Å². The molecule has 1 aliphatic rings. The Kier molecular flexibility index (Phi) is 7.92. The molecule has 0 atom stereocenters. The highest BCUT2D eigenvalue weighted by atomic mass is 15.2. The van der Waals surface area contributed by atoms with Crippen molar-refractivity contribution in [2.45, 2.75) is 83.1 Å². The van der Waals surface area contributed by atoms with E-state index in [1.165, 1.54) is 77.2 Å². The smallest absolute Gasteiger partial charge is 0.0328 e. The number of hydrogen-bond donors (Lipinski definition) is 1. The molecule has 1 fully saturated rings. The summed E-state index contributed by atoms with van der Waals surface area (Å²) >= 11 is 0. The van der Waals surface area contributed by atoms with E-state index in [2.05, 4.69) is 18.9 Å². The molecule has 0 heterocycles. The lowest BCUT2D eigenvalue weighted by molar-refractivity contribution is 0.105. The van der Waals surface area contributed by atoms with Crippen molar-refractivity contribution < 1.29 is 0 Å². The van der Waals surface area contributed by atoms with Gasteiger partial charge in [0.1, 0.15) is 0 Å². The van der Waals surface area contributed by atoms with Crippen LogP contribution in [0.15, 0.2) is 0 Å². The van der Waals surface area contributed by atoms with E-state index >= 15 is 0 Å². The van der Waals surface area contributed by atoms with Crippen LogP contribution in [0.2, 0.25) is 0 Å². The second kappa shape index (κ2) is 8.92. The molecular weight excluding hydrogens is 220 g/mol. The van der Waals surface area contributed by atoms with Crippen LogP contribution in [0.4, 0.5) is 0 Å². The summed E-state index contributed by atoms with van der Waals surface area (Å²) in [6, 6.07) is 0. The molecule has 1 rings (SSSR count). The van der Waals surface area contributed by atoms with Gasteiger partial charge in [0.05, 0.1) is 0 Å². The van der Waals surface area contributed by atoms with E-state index in [-0.39, 0.29) is 0 Å². The van der Waals surface area contributed by atoms with E-state index in [1.54, 1.807) is 0 Å². The highest BCUT2D eigenvalue weighted by Crippen LogP contribution is 2.31. The van der Waals surface area contributed by atoms with Gasteiger partial charge < -0.3 is 5.73 Å². The molecule has 0 aromatic carbocycles. The Morgan fingerprint density at radius 2 is 1.56 bits per heavy atom. The maximum Gasteiger partial charge on any atom is 0.0328 e. The zero-order valence-electron chi connectivity index (χ0n) is 12.7. The maximum atomic E-state index is 6.12. The summed E-state index contributed by atoms with van der Waals surface area (Å²) in [6.45, 7) is 4.36. The molecule has 1 saturated carbocycles. The predicted molar refractivity (Wildman–Crippen MR) is 80.9 cm³/mol. The van der Waals surface area contributed by atoms with Crippen LogP contribution in [0.3, 0.4) is 0 Å². The van der Waals surface area contributed by atoms with Gasteiger partial charge in [-0.3, -0.25) is 4.90 Å². The fourth-order valence-electron chi connectivity index (χ4n) is 3.32. The van der Waals surface area contributed by atoms with Gasteiger partial charge in [0.2, 0.25) is 0 Å².